The first-order valence-corrected chi connectivity index (χ1v) is 8.46. The van der Waals surface area contributed by atoms with Crippen molar-refractivity contribution in [2.75, 3.05) is 7.11 Å². The minimum absolute atomic E-state index is 0.342. The number of aromatic nitrogens is 3. The molecule has 1 atom stereocenters. The number of methoxy groups -OCH3 is 1. The Hall–Kier alpha value is -2.27. The second-order valence-electron chi connectivity index (χ2n) is 5.08. The maximum Gasteiger partial charge on any atom is 0.196 e. The van der Waals surface area contributed by atoms with Crippen LogP contribution in [0.25, 0.3) is 5.69 Å². The summed E-state index contributed by atoms with van der Waals surface area (Å²) in [6.45, 7) is 2.19. The van der Waals surface area contributed by atoms with E-state index in [1.807, 2.05) is 34.9 Å². The molecule has 5 heteroatoms. The van der Waals surface area contributed by atoms with Crippen LogP contribution >= 0.6 is 11.8 Å². The van der Waals surface area contributed by atoms with Crippen molar-refractivity contribution in [1.29, 1.82) is 0 Å². The topological polar surface area (TPSA) is 39.9 Å². The molecule has 2 aromatic carbocycles. The normalized spacial score (nSPS) is 12.1. The standard InChI is InChI=1S/C18H19N3OS/c1-3-17(14-9-5-4-6-10-14)23-18-20-19-13-21(18)15-11-7-8-12-16(15)22-2/h4-13,17H,3H2,1-2H3/t17-/m1/s1. The molecule has 0 unspecified atom stereocenters. The van der Waals surface area contributed by atoms with Crippen molar-refractivity contribution in [3.8, 4) is 11.4 Å². The largest absolute Gasteiger partial charge is 0.495 e. The first-order chi connectivity index (χ1) is 11.3. The highest BCUT2D eigenvalue weighted by atomic mass is 32.2. The third-order valence-corrected chi connectivity index (χ3v) is 5.03. The first kappa shape index (κ1) is 15.6. The molecule has 0 saturated heterocycles. The minimum atomic E-state index is 0.342. The molecule has 3 aromatic rings. The third-order valence-electron chi connectivity index (χ3n) is 3.65. The van der Waals surface area contributed by atoms with Gasteiger partial charge in [-0.05, 0) is 24.1 Å². The van der Waals surface area contributed by atoms with Crippen LogP contribution in [0.1, 0.15) is 24.2 Å². The SMILES string of the molecule is CC[C@@H](Sc1nncn1-c1ccccc1OC)c1ccccc1. The van der Waals surface area contributed by atoms with Gasteiger partial charge in [-0.15, -0.1) is 10.2 Å². The Kier molecular flexibility index (Phi) is 4.98. The average molecular weight is 325 g/mol. The lowest BCUT2D eigenvalue weighted by molar-refractivity contribution is 0.412. The maximum absolute atomic E-state index is 5.45. The lowest BCUT2D eigenvalue weighted by atomic mass is 10.1. The van der Waals surface area contributed by atoms with Crippen LogP contribution in [0.4, 0.5) is 0 Å². The quantitative estimate of drug-likeness (QED) is 0.625. The summed E-state index contributed by atoms with van der Waals surface area (Å²) in [6.07, 6.45) is 2.76. The Morgan fingerprint density at radius 3 is 2.57 bits per heavy atom. The van der Waals surface area contributed by atoms with E-state index in [9.17, 15) is 0 Å². The molecule has 0 spiro atoms. The van der Waals surface area contributed by atoms with Crippen LogP contribution in [0.15, 0.2) is 66.1 Å². The summed E-state index contributed by atoms with van der Waals surface area (Å²) in [5.74, 6) is 0.807. The van der Waals surface area contributed by atoms with E-state index in [0.29, 0.717) is 5.25 Å². The second kappa shape index (κ2) is 7.33. The van der Waals surface area contributed by atoms with Crippen molar-refractivity contribution < 1.29 is 4.74 Å². The lowest BCUT2D eigenvalue weighted by Gasteiger charge is -2.16. The third kappa shape index (κ3) is 3.40. The van der Waals surface area contributed by atoms with Crippen LogP contribution in [0.2, 0.25) is 0 Å². The van der Waals surface area contributed by atoms with Gasteiger partial charge in [-0.2, -0.15) is 0 Å². The molecule has 0 aliphatic rings. The van der Waals surface area contributed by atoms with Gasteiger partial charge in [0.2, 0.25) is 0 Å². The van der Waals surface area contributed by atoms with Gasteiger partial charge in [-0.1, -0.05) is 61.2 Å². The van der Waals surface area contributed by atoms with Crippen molar-refractivity contribution in [2.24, 2.45) is 0 Å². The number of benzene rings is 2. The van der Waals surface area contributed by atoms with Gasteiger partial charge < -0.3 is 4.74 Å². The lowest BCUT2D eigenvalue weighted by Crippen LogP contribution is -2.00. The molecular formula is C18H19N3OS. The highest BCUT2D eigenvalue weighted by Crippen LogP contribution is 2.38. The zero-order chi connectivity index (χ0) is 16.1. The fourth-order valence-corrected chi connectivity index (χ4v) is 3.55. The fraction of sp³-hybridized carbons (Fsp3) is 0.222. The number of hydrogen-bond donors (Lipinski definition) is 0. The van der Waals surface area contributed by atoms with Crippen LogP contribution in [0, 0.1) is 0 Å². The van der Waals surface area contributed by atoms with E-state index < -0.39 is 0 Å². The summed E-state index contributed by atoms with van der Waals surface area (Å²) in [5.41, 5.74) is 2.25. The minimum Gasteiger partial charge on any atom is -0.495 e. The number of nitrogens with zero attached hydrogens (tertiary/aromatic N) is 3. The molecule has 0 aliphatic carbocycles. The van der Waals surface area contributed by atoms with Crippen molar-refractivity contribution in [3.63, 3.8) is 0 Å². The number of ether oxygens (including phenoxy) is 1. The summed E-state index contributed by atoms with van der Waals surface area (Å²) in [7, 11) is 1.68. The summed E-state index contributed by atoms with van der Waals surface area (Å²) >= 11 is 1.72. The van der Waals surface area contributed by atoms with Gasteiger partial charge in [-0.3, -0.25) is 4.57 Å². The van der Waals surface area contributed by atoms with Crippen LogP contribution < -0.4 is 4.74 Å². The Morgan fingerprint density at radius 1 is 1.09 bits per heavy atom. The van der Waals surface area contributed by atoms with Gasteiger partial charge in [0.1, 0.15) is 12.1 Å². The fourth-order valence-electron chi connectivity index (χ4n) is 2.48. The van der Waals surface area contributed by atoms with Gasteiger partial charge in [0.25, 0.3) is 0 Å². The predicted molar refractivity (Wildman–Crippen MR) is 93.2 cm³/mol. The van der Waals surface area contributed by atoms with E-state index in [-0.39, 0.29) is 0 Å². The van der Waals surface area contributed by atoms with Crippen LogP contribution in [0.3, 0.4) is 0 Å². The van der Waals surface area contributed by atoms with E-state index in [2.05, 4.69) is 41.4 Å². The predicted octanol–water partition coefficient (Wildman–Crippen LogP) is 4.52. The monoisotopic (exact) mass is 325 g/mol. The van der Waals surface area contributed by atoms with Crippen LogP contribution in [0.5, 0.6) is 5.75 Å². The summed E-state index contributed by atoms with van der Waals surface area (Å²) in [5, 5.41) is 9.60. The van der Waals surface area contributed by atoms with Crippen LogP contribution in [-0.2, 0) is 0 Å². The molecule has 0 bridgehead atoms. The molecule has 0 aliphatic heterocycles. The number of thioether (sulfide) groups is 1. The maximum atomic E-state index is 5.45. The Morgan fingerprint density at radius 2 is 1.83 bits per heavy atom. The van der Waals surface area contributed by atoms with Crippen molar-refractivity contribution >= 4 is 11.8 Å². The zero-order valence-electron chi connectivity index (χ0n) is 13.2. The highest BCUT2D eigenvalue weighted by molar-refractivity contribution is 7.99. The van der Waals surface area contributed by atoms with Crippen LogP contribution in [-0.4, -0.2) is 21.9 Å². The molecule has 1 heterocycles. The Balaban J connectivity index is 1.92. The summed E-state index contributed by atoms with van der Waals surface area (Å²) < 4.78 is 7.44. The van der Waals surface area contributed by atoms with Gasteiger partial charge in [0.15, 0.2) is 5.16 Å². The molecule has 4 nitrogen and oxygen atoms in total. The molecule has 1 aromatic heterocycles. The van der Waals surface area contributed by atoms with Gasteiger partial charge in [-0.25, -0.2) is 0 Å². The van der Waals surface area contributed by atoms with E-state index in [4.69, 9.17) is 4.74 Å². The first-order valence-electron chi connectivity index (χ1n) is 7.58. The summed E-state index contributed by atoms with van der Waals surface area (Å²) in [4.78, 5) is 0. The van der Waals surface area contributed by atoms with E-state index in [1.165, 1.54) is 5.56 Å². The average Bonchev–Trinajstić information content (AvgIpc) is 3.08. The Labute approximate surface area is 140 Å². The second-order valence-corrected chi connectivity index (χ2v) is 6.25. The Bertz CT molecular complexity index is 758. The number of hydrogen-bond acceptors (Lipinski definition) is 4. The van der Waals surface area contributed by atoms with Gasteiger partial charge in [0.05, 0.1) is 12.8 Å². The van der Waals surface area contributed by atoms with Gasteiger partial charge >= 0.3 is 0 Å². The molecule has 3 rings (SSSR count). The molecule has 0 amide bonds. The van der Waals surface area contributed by atoms with Crippen molar-refractivity contribution in [2.45, 2.75) is 23.8 Å². The van der Waals surface area contributed by atoms with E-state index >= 15 is 0 Å². The molecule has 0 fully saturated rings. The number of rotatable bonds is 6. The van der Waals surface area contributed by atoms with Gasteiger partial charge in [0, 0.05) is 5.25 Å². The molecule has 0 radical (unpaired) electrons. The molecule has 23 heavy (non-hydrogen) atoms. The summed E-state index contributed by atoms with van der Waals surface area (Å²) in [6, 6.07) is 18.4. The van der Waals surface area contributed by atoms with Crippen molar-refractivity contribution in [3.05, 3.63) is 66.5 Å². The highest BCUT2D eigenvalue weighted by Gasteiger charge is 2.17. The molecule has 0 N–H and O–H groups in total. The van der Waals surface area contributed by atoms with Crippen molar-refractivity contribution in [1.82, 2.24) is 14.8 Å². The molecule has 118 valence electrons. The smallest absolute Gasteiger partial charge is 0.196 e. The van der Waals surface area contributed by atoms with E-state index in [0.717, 1.165) is 23.0 Å². The number of para-hydroxylation sites is 2. The molecule has 0 saturated carbocycles. The van der Waals surface area contributed by atoms with E-state index in [1.54, 1.807) is 25.2 Å². The molecular weight excluding hydrogens is 306 g/mol. The zero-order valence-corrected chi connectivity index (χ0v) is 14.0.